The van der Waals surface area contributed by atoms with Crippen LogP contribution in [0.3, 0.4) is 0 Å². The van der Waals surface area contributed by atoms with Crippen LogP contribution in [0.2, 0.25) is 0 Å². The van der Waals surface area contributed by atoms with E-state index in [2.05, 4.69) is 10.3 Å². The number of ether oxygens (including phenoxy) is 1. The van der Waals surface area contributed by atoms with Crippen molar-refractivity contribution in [2.24, 2.45) is 0 Å². The number of imidazole rings is 1. The van der Waals surface area contributed by atoms with Gasteiger partial charge < -0.3 is 19.5 Å². The smallest absolute Gasteiger partial charge is 0.336 e. The van der Waals surface area contributed by atoms with Gasteiger partial charge in [0.05, 0.1) is 24.2 Å². The molecule has 0 unspecified atom stereocenters. The maximum absolute atomic E-state index is 13.1. The molecule has 1 amide bonds. The summed E-state index contributed by atoms with van der Waals surface area (Å²) in [6.07, 6.45) is 1.36. The summed E-state index contributed by atoms with van der Waals surface area (Å²) in [6, 6.07) is 22.7. The second kappa shape index (κ2) is 10.1. The molecule has 36 heavy (non-hydrogen) atoms. The van der Waals surface area contributed by atoms with Crippen molar-refractivity contribution in [3.63, 3.8) is 0 Å². The highest BCUT2D eigenvalue weighted by molar-refractivity contribution is 5.83. The number of hydrogen-bond acceptors (Lipinski definition) is 5. The number of methoxy groups -OCH3 is 1. The molecule has 0 spiro atoms. The van der Waals surface area contributed by atoms with Crippen molar-refractivity contribution in [2.45, 2.75) is 32.2 Å². The van der Waals surface area contributed by atoms with Crippen molar-refractivity contribution in [2.75, 3.05) is 7.11 Å². The molecule has 2 aromatic heterocycles. The first-order valence-electron chi connectivity index (χ1n) is 11.9. The maximum Gasteiger partial charge on any atom is 0.336 e. The molecular formula is C29H27N3O4. The average molecular weight is 482 g/mol. The fourth-order valence-corrected chi connectivity index (χ4v) is 4.49. The van der Waals surface area contributed by atoms with E-state index in [1.165, 1.54) is 6.07 Å². The summed E-state index contributed by atoms with van der Waals surface area (Å²) in [4.78, 5) is 33.0. The van der Waals surface area contributed by atoms with E-state index in [-0.39, 0.29) is 18.4 Å². The normalized spacial score (nSPS) is 12.1. The van der Waals surface area contributed by atoms with Crippen LogP contribution in [0.1, 0.15) is 35.0 Å². The topological polar surface area (TPSA) is 97.2 Å². The molecule has 182 valence electrons. The van der Waals surface area contributed by atoms with Gasteiger partial charge in [-0.1, -0.05) is 42.5 Å². The number of fused-ring (bicyclic) bond motifs is 2. The lowest BCUT2D eigenvalue weighted by atomic mass is 10.0. The molecule has 0 saturated heterocycles. The molecule has 5 rings (SSSR count). The molecule has 0 radical (unpaired) electrons. The fourth-order valence-electron chi connectivity index (χ4n) is 4.49. The van der Waals surface area contributed by atoms with Crippen LogP contribution in [-0.4, -0.2) is 23.0 Å². The highest BCUT2D eigenvalue weighted by Gasteiger charge is 2.20. The molecule has 0 aliphatic rings. The lowest BCUT2D eigenvalue weighted by Crippen LogP contribution is -2.31. The number of benzene rings is 3. The maximum atomic E-state index is 13.1. The van der Waals surface area contributed by atoms with Gasteiger partial charge in [0.25, 0.3) is 0 Å². The van der Waals surface area contributed by atoms with E-state index in [9.17, 15) is 9.59 Å². The molecule has 0 saturated carbocycles. The zero-order chi connectivity index (χ0) is 25.1. The fraction of sp³-hybridized carbons (Fsp3) is 0.207. The summed E-state index contributed by atoms with van der Waals surface area (Å²) in [5, 5.41) is 4.00. The lowest BCUT2D eigenvalue weighted by Gasteiger charge is -2.17. The van der Waals surface area contributed by atoms with Gasteiger partial charge in [0.2, 0.25) is 5.91 Å². The zero-order valence-corrected chi connectivity index (χ0v) is 20.2. The van der Waals surface area contributed by atoms with Gasteiger partial charge in [-0.3, -0.25) is 4.79 Å². The van der Waals surface area contributed by atoms with Gasteiger partial charge in [-0.25, -0.2) is 9.78 Å². The number of para-hydroxylation sites is 2. The molecule has 7 nitrogen and oxygen atoms in total. The largest absolute Gasteiger partial charge is 0.496 e. The molecule has 5 aromatic rings. The zero-order valence-electron chi connectivity index (χ0n) is 20.2. The van der Waals surface area contributed by atoms with Gasteiger partial charge in [-0.05, 0) is 54.7 Å². The lowest BCUT2D eigenvalue weighted by molar-refractivity contribution is -0.121. The Balaban J connectivity index is 1.37. The predicted molar refractivity (Wildman–Crippen MR) is 139 cm³/mol. The molecule has 3 aromatic carbocycles. The number of carbonyl (C=O) groups is 1. The van der Waals surface area contributed by atoms with Crippen LogP contribution in [0.4, 0.5) is 0 Å². The van der Waals surface area contributed by atoms with Crippen molar-refractivity contribution in [1.82, 2.24) is 15.3 Å². The monoisotopic (exact) mass is 481 g/mol. The van der Waals surface area contributed by atoms with Gasteiger partial charge in [0, 0.05) is 23.9 Å². The SMILES string of the molecule is COc1cc2oc(=O)cc(C)c2cc1CCC(=O)N[C@H](Cc1ccccc1)c1nc2ccccc2[nH]1. The number of aryl methyl sites for hydroxylation is 2. The minimum atomic E-state index is -0.399. The Morgan fingerprint density at radius 2 is 1.86 bits per heavy atom. The third-order valence-corrected chi connectivity index (χ3v) is 6.33. The number of H-pyrrole nitrogens is 1. The van der Waals surface area contributed by atoms with E-state index >= 15 is 0 Å². The van der Waals surface area contributed by atoms with Crippen LogP contribution >= 0.6 is 0 Å². The van der Waals surface area contributed by atoms with Crippen LogP contribution in [0.15, 0.2) is 82.0 Å². The number of aromatic nitrogens is 2. The second-order valence-corrected chi connectivity index (χ2v) is 8.86. The molecule has 2 heterocycles. The number of hydrogen-bond donors (Lipinski definition) is 2. The van der Waals surface area contributed by atoms with E-state index in [0.29, 0.717) is 24.2 Å². The molecule has 7 heteroatoms. The van der Waals surface area contributed by atoms with Gasteiger partial charge in [-0.15, -0.1) is 0 Å². The summed E-state index contributed by atoms with van der Waals surface area (Å²) in [7, 11) is 1.57. The summed E-state index contributed by atoms with van der Waals surface area (Å²) in [5.41, 5.74) is 4.67. The number of nitrogens with zero attached hydrogens (tertiary/aromatic N) is 1. The van der Waals surface area contributed by atoms with E-state index in [1.807, 2.05) is 67.6 Å². The first kappa shape index (κ1) is 23.4. The van der Waals surface area contributed by atoms with Gasteiger partial charge in [-0.2, -0.15) is 0 Å². The molecule has 2 N–H and O–H groups in total. The first-order valence-corrected chi connectivity index (χ1v) is 11.9. The van der Waals surface area contributed by atoms with Crippen LogP contribution in [-0.2, 0) is 17.6 Å². The van der Waals surface area contributed by atoms with Gasteiger partial charge in [0.15, 0.2) is 0 Å². The van der Waals surface area contributed by atoms with Crippen molar-refractivity contribution in [1.29, 1.82) is 0 Å². The van der Waals surface area contributed by atoms with Crippen LogP contribution in [0, 0.1) is 6.92 Å². The Hall–Kier alpha value is -4.39. The number of rotatable bonds is 8. The predicted octanol–water partition coefficient (Wildman–Crippen LogP) is 5.02. The van der Waals surface area contributed by atoms with Gasteiger partial charge >= 0.3 is 5.63 Å². The average Bonchev–Trinajstić information content (AvgIpc) is 3.32. The second-order valence-electron chi connectivity index (χ2n) is 8.86. The Kier molecular flexibility index (Phi) is 6.54. The first-order chi connectivity index (χ1) is 17.5. The molecule has 1 atom stereocenters. The third kappa shape index (κ3) is 5.00. The molecular weight excluding hydrogens is 454 g/mol. The van der Waals surface area contributed by atoms with Gasteiger partial charge in [0.1, 0.15) is 17.2 Å². The molecule has 0 aliphatic heterocycles. The summed E-state index contributed by atoms with van der Waals surface area (Å²) in [6.45, 7) is 1.86. The quantitative estimate of drug-likeness (QED) is 0.303. The van der Waals surface area contributed by atoms with Crippen molar-refractivity contribution in [3.8, 4) is 5.75 Å². The molecule has 0 fully saturated rings. The minimum Gasteiger partial charge on any atom is -0.496 e. The summed E-state index contributed by atoms with van der Waals surface area (Å²) < 4.78 is 10.8. The highest BCUT2D eigenvalue weighted by atomic mass is 16.5. The number of nitrogens with one attached hydrogen (secondary N) is 2. The minimum absolute atomic E-state index is 0.0881. The summed E-state index contributed by atoms with van der Waals surface area (Å²) >= 11 is 0. The van der Waals surface area contributed by atoms with Crippen LogP contribution in [0.25, 0.3) is 22.0 Å². The summed E-state index contributed by atoms with van der Waals surface area (Å²) in [5.74, 6) is 1.22. The Bertz CT molecular complexity index is 1550. The number of amides is 1. The van der Waals surface area contributed by atoms with Crippen molar-refractivity contribution in [3.05, 3.63) is 106 Å². The highest BCUT2D eigenvalue weighted by Crippen LogP contribution is 2.28. The standard InChI is InChI=1S/C29H27N3O4/c1-18-14-28(34)36-26-17-25(35-2)20(16-21(18)26)12-13-27(33)30-24(15-19-8-4-3-5-9-19)29-31-22-10-6-7-11-23(22)32-29/h3-11,14,16-17,24H,12-13,15H2,1-2H3,(H,30,33)(H,31,32)/t24-/m1/s1. The third-order valence-electron chi connectivity index (χ3n) is 6.33. The van der Waals surface area contributed by atoms with Crippen LogP contribution < -0.4 is 15.7 Å². The van der Waals surface area contributed by atoms with Crippen molar-refractivity contribution >= 4 is 27.9 Å². The molecule has 0 aliphatic carbocycles. The Morgan fingerprint density at radius 3 is 2.64 bits per heavy atom. The molecule has 0 bridgehead atoms. The van der Waals surface area contributed by atoms with E-state index < -0.39 is 5.63 Å². The Labute approximate surface area is 208 Å². The van der Waals surface area contributed by atoms with Crippen molar-refractivity contribution < 1.29 is 13.9 Å². The number of carbonyl (C=O) groups excluding carboxylic acids is 1. The number of aromatic amines is 1. The van der Waals surface area contributed by atoms with Crippen LogP contribution in [0.5, 0.6) is 5.75 Å². The van der Waals surface area contributed by atoms with E-state index in [4.69, 9.17) is 14.1 Å². The Morgan fingerprint density at radius 1 is 1.08 bits per heavy atom. The van der Waals surface area contributed by atoms with E-state index in [1.54, 1.807) is 13.2 Å². The van der Waals surface area contributed by atoms with E-state index in [0.717, 1.165) is 38.9 Å².